The smallest absolute Gasteiger partial charge is 0.0985 e. The Morgan fingerprint density at radius 3 is 2.50 bits per heavy atom. The molecule has 0 radical (unpaired) electrons. The summed E-state index contributed by atoms with van der Waals surface area (Å²) >= 11 is 1.81. The molecule has 1 atom stereocenters. The number of thiazole rings is 1. The molecule has 1 N–H and O–H groups in total. The molecule has 0 aliphatic carbocycles. The summed E-state index contributed by atoms with van der Waals surface area (Å²) < 4.78 is 0. The minimum absolute atomic E-state index is 0.109. The van der Waals surface area contributed by atoms with Gasteiger partial charge in [0.05, 0.1) is 28.6 Å². The van der Waals surface area contributed by atoms with Crippen LogP contribution < -0.4 is 5.32 Å². The van der Waals surface area contributed by atoms with Crippen LogP contribution in [0.4, 0.5) is 5.69 Å². The second-order valence-corrected chi connectivity index (χ2v) is 7.31. The van der Waals surface area contributed by atoms with E-state index in [0.29, 0.717) is 0 Å². The Labute approximate surface area is 125 Å². The molecule has 0 amide bonds. The summed E-state index contributed by atoms with van der Waals surface area (Å²) in [6.07, 6.45) is 3.70. The van der Waals surface area contributed by atoms with Gasteiger partial charge in [-0.05, 0) is 32.4 Å². The van der Waals surface area contributed by atoms with Crippen LogP contribution in [0.1, 0.15) is 54.9 Å². The molecule has 0 fully saturated rings. The zero-order valence-corrected chi connectivity index (χ0v) is 13.9. The third kappa shape index (κ3) is 3.18. The molecule has 2 aromatic heterocycles. The van der Waals surface area contributed by atoms with Crippen molar-refractivity contribution < 1.29 is 0 Å². The average molecular weight is 289 g/mol. The Kier molecular flexibility index (Phi) is 4.14. The molecule has 0 aliphatic heterocycles. The summed E-state index contributed by atoms with van der Waals surface area (Å²) in [5, 5.41) is 4.74. The number of aromatic nitrogens is 2. The van der Waals surface area contributed by atoms with Crippen LogP contribution in [-0.4, -0.2) is 9.97 Å². The van der Waals surface area contributed by atoms with Crippen molar-refractivity contribution in [2.45, 2.75) is 53.0 Å². The molecule has 4 heteroatoms. The van der Waals surface area contributed by atoms with Gasteiger partial charge in [-0.2, -0.15) is 0 Å². The van der Waals surface area contributed by atoms with E-state index in [9.17, 15) is 0 Å². The van der Waals surface area contributed by atoms with Crippen molar-refractivity contribution in [1.29, 1.82) is 0 Å². The molecule has 0 aliphatic rings. The highest BCUT2D eigenvalue weighted by molar-refractivity contribution is 7.12. The number of nitrogens with zero attached hydrogens (tertiary/aromatic N) is 2. The highest BCUT2D eigenvalue weighted by Gasteiger charge is 2.22. The van der Waals surface area contributed by atoms with Gasteiger partial charge in [-0.25, -0.2) is 4.98 Å². The van der Waals surface area contributed by atoms with Crippen LogP contribution in [0.5, 0.6) is 0 Å². The minimum Gasteiger partial charge on any atom is -0.376 e. The van der Waals surface area contributed by atoms with Crippen molar-refractivity contribution in [3.8, 4) is 0 Å². The lowest BCUT2D eigenvalue weighted by Gasteiger charge is -2.16. The summed E-state index contributed by atoms with van der Waals surface area (Å²) in [5.74, 6) is 0. The predicted octanol–water partition coefficient (Wildman–Crippen LogP) is 4.63. The van der Waals surface area contributed by atoms with Crippen molar-refractivity contribution in [3.05, 3.63) is 39.6 Å². The lowest BCUT2D eigenvalue weighted by Crippen LogP contribution is -2.10. The van der Waals surface area contributed by atoms with Crippen molar-refractivity contribution in [1.82, 2.24) is 9.97 Å². The first-order chi connectivity index (χ1) is 9.29. The zero-order valence-electron chi connectivity index (χ0n) is 13.1. The van der Waals surface area contributed by atoms with Crippen LogP contribution in [0, 0.1) is 13.8 Å². The van der Waals surface area contributed by atoms with Crippen molar-refractivity contribution >= 4 is 17.0 Å². The molecule has 0 bridgehead atoms. The monoisotopic (exact) mass is 289 g/mol. The number of hydrogen-bond acceptors (Lipinski definition) is 4. The van der Waals surface area contributed by atoms with Gasteiger partial charge in [0, 0.05) is 16.5 Å². The molecule has 0 saturated heterocycles. The second-order valence-electron chi connectivity index (χ2n) is 6.28. The number of aryl methyl sites for hydroxylation is 2. The SMILES string of the molecule is Cc1ccncc1NC(C)c1sc(C(C)(C)C)nc1C. The van der Waals surface area contributed by atoms with Gasteiger partial charge >= 0.3 is 0 Å². The van der Waals surface area contributed by atoms with Gasteiger partial charge in [-0.1, -0.05) is 20.8 Å². The first-order valence-electron chi connectivity index (χ1n) is 6.94. The fourth-order valence-corrected chi connectivity index (χ4v) is 3.17. The molecule has 20 heavy (non-hydrogen) atoms. The van der Waals surface area contributed by atoms with Crippen molar-refractivity contribution in [3.63, 3.8) is 0 Å². The van der Waals surface area contributed by atoms with Crippen LogP contribution >= 0.6 is 11.3 Å². The molecule has 0 aromatic carbocycles. The molecule has 0 spiro atoms. The van der Waals surface area contributed by atoms with Gasteiger partial charge in [0.15, 0.2) is 0 Å². The Balaban J connectivity index is 2.24. The highest BCUT2D eigenvalue weighted by Crippen LogP contribution is 2.34. The van der Waals surface area contributed by atoms with E-state index in [1.807, 2.05) is 18.5 Å². The zero-order chi connectivity index (χ0) is 14.9. The number of nitrogens with one attached hydrogen (secondary N) is 1. The van der Waals surface area contributed by atoms with Crippen LogP contribution in [0.2, 0.25) is 0 Å². The summed E-state index contributed by atoms with van der Waals surface area (Å²) in [7, 11) is 0. The Morgan fingerprint density at radius 1 is 1.25 bits per heavy atom. The standard InChI is InChI=1S/C16H23N3S/c1-10-7-8-17-9-13(10)18-11(2)14-12(3)19-15(20-14)16(4,5)6/h7-9,11,18H,1-6H3. The fourth-order valence-electron chi connectivity index (χ4n) is 2.04. The van der Waals surface area contributed by atoms with E-state index in [1.54, 1.807) is 11.3 Å². The first kappa shape index (κ1) is 15.0. The largest absolute Gasteiger partial charge is 0.376 e. The topological polar surface area (TPSA) is 37.8 Å². The molecular weight excluding hydrogens is 266 g/mol. The molecule has 1 unspecified atom stereocenters. The van der Waals surface area contributed by atoms with E-state index in [1.165, 1.54) is 15.4 Å². The number of hydrogen-bond donors (Lipinski definition) is 1. The lowest BCUT2D eigenvalue weighted by atomic mass is 9.98. The van der Waals surface area contributed by atoms with Gasteiger partial charge in [0.2, 0.25) is 0 Å². The first-order valence-corrected chi connectivity index (χ1v) is 7.75. The number of rotatable bonds is 3. The number of anilines is 1. The second kappa shape index (κ2) is 5.52. The Bertz CT molecular complexity index is 596. The van der Waals surface area contributed by atoms with Gasteiger partial charge in [-0.15, -0.1) is 11.3 Å². The van der Waals surface area contributed by atoms with E-state index in [4.69, 9.17) is 4.98 Å². The molecule has 2 heterocycles. The Hall–Kier alpha value is -1.42. The van der Waals surface area contributed by atoms with Crippen LogP contribution in [0.3, 0.4) is 0 Å². The normalized spacial score (nSPS) is 13.3. The molecule has 2 rings (SSSR count). The third-order valence-electron chi connectivity index (χ3n) is 3.28. The van der Waals surface area contributed by atoms with E-state index in [2.05, 4.69) is 51.8 Å². The molecule has 3 nitrogen and oxygen atoms in total. The predicted molar refractivity (Wildman–Crippen MR) is 86.6 cm³/mol. The average Bonchev–Trinajstić information content (AvgIpc) is 2.74. The van der Waals surface area contributed by atoms with E-state index in [0.717, 1.165) is 11.4 Å². The summed E-state index contributed by atoms with van der Waals surface area (Å²) in [6, 6.07) is 2.27. The molecule has 0 saturated carbocycles. The summed E-state index contributed by atoms with van der Waals surface area (Å²) in [4.78, 5) is 10.2. The van der Waals surface area contributed by atoms with Gasteiger partial charge in [0.1, 0.15) is 0 Å². The maximum atomic E-state index is 4.73. The summed E-state index contributed by atoms with van der Waals surface area (Å²) in [5.41, 5.74) is 3.54. The molecular formula is C16H23N3S. The van der Waals surface area contributed by atoms with Crippen LogP contribution in [-0.2, 0) is 5.41 Å². The van der Waals surface area contributed by atoms with Crippen molar-refractivity contribution in [2.24, 2.45) is 0 Å². The molecule has 2 aromatic rings. The van der Waals surface area contributed by atoms with Gasteiger partial charge in [0.25, 0.3) is 0 Å². The number of pyridine rings is 1. The third-order valence-corrected chi connectivity index (χ3v) is 5.04. The maximum absolute atomic E-state index is 4.73. The maximum Gasteiger partial charge on any atom is 0.0985 e. The van der Waals surface area contributed by atoms with Crippen LogP contribution in [0.15, 0.2) is 18.5 Å². The van der Waals surface area contributed by atoms with Crippen LogP contribution in [0.25, 0.3) is 0 Å². The minimum atomic E-state index is 0.109. The van der Waals surface area contributed by atoms with Gasteiger partial charge in [-0.3, -0.25) is 4.98 Å². The highest BCUT2D eigenvalue weighted by atomic mass is 32.1. The Morgan fingerprint density at radius 2 is 1.95 bits per heavy atom. The van der Waals surface area contributed by atoms with Gasteiger partial charge < -0.3 is 5.32 Å². The quantitative estimate of drug-likeness (QED) is 0.895. The lowest BCUT2D eigenvalue weighted by molar-refractivity contribution is 0.584. The fraction of sp³-hybridized carbons (Fsp3) is 0.500. The van der Waals surface area contributed by atoms with E-state index >= 15 is 0 Å². The van der Waals surface area contributed by atoms with E-state index < -0.39 is 0 Å². The van der Waals surface area contributed by atoms with Crippen molar-refractivity contribution in [2.75, 3.05) is 5.32 Å². The van der Waals surface area contributed by atoms with E-state index in [-0.39, 0.29) is 11.5 Å². The molecule has 108 valence electrons. The summed E-state index contributed by atoms with van der Waals surface area (Å²) in [6.45, 7) is 13.0.